The van der Waals surface area contributed by atoms with Crippen molar-refractivity contribution in [3.8, 4) is 0 Å². The third-order valence-electron chi connectivity index (χ3n) is 4.03. The van der Waals surface area contributed by atoms with Crippen molar-refractivity contribution in [2.45, 2.75) is 26.3 Å². The Hall–Kier alpha value is -1.73. The van der Waals surface area contributed by atoms with E-state index in [2.05, 4.69) is 9.97 Å². The van der Waals surface area contributed by atoms with Crippen LogP contribution in [0.5, 0.6) is 0 Å². The molecule has 112 valence electrons. The maximum absolute atomic E-state index is 11.9. The van der Waals surface area contributed by atoms with Crippen LogP contribution >= 0.6 is 11.3 Å². The van der Waals surface area contributed by atoms with Gasteiger partial charge in [0.1, 0.15) is 10.5 Å². The highest BCUT2D eigenvalue weighted by molar-refractivity contribution is 7.17. The Labute approximate surface area is 125 Å². The Kier molecular flexibility index (Phi) is 3.54. The van der Waals surface area contributed by atoms with E-state index in [1.165, 1.54) is 11.3 Å². The number of nitrogens with one attached hydrogen (secondary N) is 1. The zero-order valence-corrected chi connectivity index (χ0v) is 12.6. The van der Waals surface area contributed by atoms with E-state index < -0.39 is 11.4 Å². The summed E-state index contributed by atoms with van der Waals surface area (Å²) in [6, 6.07) is 1.83. The normalized spacial score (nSPS) is 23.5. The van der Waals surface area contributed by atoms with Crippen molar-refractivity contribution < 1.29 is 9.90 Å². The van der Waals surface area contributed by atoms with Crippen molar-refractivity contribution in [1.29, 1.82) is 0 Å². The molecule has 1 saturated heterocycles. The van der Waals surface area contributed by atoms with Gasteiger partial charge in [0, 0.05) is 6.54 Å². The quantitative estimate of drug-likeness (QED) is 0.901. The molecule has 1 fully saturated rings. The topological polar surface area (TPSA) is 86.3 Å². The first-order chi connectivity index (χ1) is 9.98. The minimum atomic E-state index is -0.762. The zero-order valence-electron chi connectivity index (χ0n) is 11.8. The lowest BCUT2D eigenvalue weighted by molar-refractivity contribution is -0.151. The number of carboxylic acids is 1. The average molecular weight is 307 g/mol. The van der Waals surface area contributed by atoms with Crippen LogP contribution < -0.4 is 5.56 Å². The Morgan fingerprint density at radius 1 is 1.62 bits per heavy atom. The van der Waals surface area contributed by atoms with Gasteiger partial charge in [-0.15, -0.1) is 11.3 Å². The Bertz CT molecular complexity index is 738. The van der Waals surface area contributed by atoms with Gasteiger partial charge >= 0.3 is 5.97 Å². The summed E-state index contributed by atoms with van der Waals surface area (Å²) < 4.78 is 0.632. The molecule has 0 aliphatic carbocycles. The molecule has 1 unspecified atom stereocenters. The van der Waals surface area contributed by atoms with Crippen molar-refractivity contribution in [1.82, 2.24) is 14.9 Å². The van der Waals surface area contributed by atoms with Gasteiger partial charge in [-0.1, -0.05) is 0 Å². The minimum absolute atomic E-state index is 0.122. The van der Waals surface area contributed by atoms with Gasteiger partial charge in [-0.2, -0.15) is 0 Å². The van der Waals surface area contributed by atoms with Gasteiger partial charge in [0.05, 0.1) is 17.5 Å². The van der Waals surface area contributed by atoms with Gasteiger partial charge in [-0.3, -0.25) is 14.5 Å². The van der Waals surface area contributed by atoms with E-state index in [1.807, 2.05) is 16.3 Å². The van der Waals surface area contributed by atoms with Crippen molar-refractivity contribution in [2.24, 2.45) is 5.41 Å². The van der Waals surface area contributed by atoms with E-state index in [1.54, 1.807) is 6.92 Å². The number of rotatable bonds is 3. The smallest absolute Gasteiger partial charge is 0.310 e. The average Bonchev–Trinajstić information content (AvgIpc) is 2.87. The van der Waals surface area contributed by atoms with Crippen LogP contribution in [0.2, 0.25) is 0 Å². The number of piperidine rings is 1. The highest BCUT2D eigenvalue weighted by Crippen LogP contribution is 2.30. The Morgan fingerprint density at radius 2 is 2.43 bits per heavy atom. The second-order valence-electron chi connectivity index (χ2n) is 5.83. The van der Waals surface area contributed by atoms with Gasteiger partial charge in [-0.05, 0) is 37.8 Å². The molecule has 2 aromatic rings. The number of H-pyrrole nitrogens is 1. The zero-order chi connectivity index (χ0) is 15.0. The van der Waals surface area contributed by atoms with Crippen LogP contribution in [0.25, 0.3) is 10.2 Å². The maximum Gasteiger partial charge on any atom is 0.310 e. The molecule has 0 amide bonds. The van der Waals surface area contributed by atoms with Crippen LogP contribution in [0.1, 0.15) is 25.6 Å². The number of carbonyl (C=O) groups is 1. The summed E-state index contributed by atoms with van der Waals surface area (Å²) in [5.74, 6) is -0.164. The monoisotopic (exact) mass is 307 g/mol. The van der Waals surface area contributed by atoms with Crippen LogP contribution in [0.3, 0.4) is 0 Å². The van der Waals surface area contributed by atoms with Gasteiger partial charge in [0.2, 0.25) is 0 Å². The van der Waals surface area contributed by atoms with Crippen LogP contribution in [0, 0.1) is 5.41 Å². The van der Waals surface area contributed by atoms with Gasteiger partial charge < -0.3 is 10.1 Å². The molecule has 21 heavy (non-hydrogen) atoms. The van der Waals surface area contributed by atoms with Crippen molar-refractivity contribution in [3.63, 3.8) is 0 Å². The van der Waals surface area contributed by atoms with E-state index in [0.29, 0.717) is 35.6 Å². The van der Waals surface area contributed by atoms with Gasteiger partial charge in [0.15, 0.2) is 0 Å². The summed E-state index contributed by atoms with van der Waals surface area (Å²) in [5, 5.41) is 11.2. The minimum Gasteiger partial charge on any atom is -0.481 e. The van der Waals surface area contributed by atoms with Gasteiger partial charge in [0.25, 0.3) is 5.56 Å². The first-order valence-electron chi connectivity index (χ1n) is 6.90. The predicted octanol–water partition coefficient (Wildman–Crippen LogP) is 1.67. The molecule has 0 radical (unpaired) electrons. The summed E-state index contributed by atoms with van der Waals surface area (Å²) >= 11 is 1.37. The second kappa shape index (κ2) is 5.23. The molecule has 3 heterocycles. The van der Waals surface area contributed by atoms with Crippen molar-refractivity contribution in [2.75, 3.05) is 13.1 Å². The highest BCUT2D eigenvalue weighted by Gasteiger charge is 2.37. The predicted molar refractivity (Wildman–Crippen MR) is 80.5 cm³/mol. The number of aromatic amines is 1. The van der Waals surface area contributed by atoms with E-state index in [0.717, 1.165) is 13.0 Å². The summed E-state index contributed by atoms with van der Waals surface area (Å²) in [6.45, 7) is 3.56. The molecule has 0 saturated carbocycles. The van der Waals surface area contributed by atoms with E-state index in [-0.39, 0.29) is 5.56 Å². The SMILES string of the molecule is CC1(C(=O)O)CCCN(Cc2nc3ccsc3c(=O)[nH]2)C1. The van der Waals surface area contributed by atoms with Crippen LogP contribution in [-0.4, -0.2) is 39.0 Å². The largest absolute Gasteiger partial charge is 0.481 e. The third kappa shape index (κ3) is 2.71. The fourth-order valence-electron chi connectivity index (χ4n) is 2.86. The van der Waals surface area contributed by atoms with Crippen molar-refractivity contribution >= 4 is 27.5 Å². The summed E-state index contributed by atoms with van der Waals surface area (Å²) in [5.41, 5.74) is -0.134. The first kappa shape index (κ1) is 14.2. The van der Waals surface area contributed by atoms with E-state index in [4.69, 9.17) is 0 Å². The lowest BCUT2D eigenvalue weighted by Gasteiger charge is -2.37. The highest BCUT2D eigenvalue weighted by atomic mass is 32.1. The number of thiophene rings is 1. The lowest BCUT2D eigenvalue weighted by atomic mass is 9.82. The molecule has 1 aliphatic heterocycles. The summed E-state index contributed by atoms with van der Waals surface area (Å²) in [7, 11) is 0. The van der Waals surface area contributed by atoms with E-state index in [9.17, 15) is 14.7 Å². The lowest BCUT2D eigenvalue weighted by Crippen LogP contribution is -2.45. The number of hydrogen-bond acceptors (Lipinski definition) is 5. The number of aliphatic carboxylic acids is 1. The number of nitrogens with zero attached hydrogens (tertiary/aromatic N) is 2. The standard InChI is InChI=1S/C14H17N3O3S/c1-14(13(19)20)4-2-5-17(8-14)7-10-15-9-3-6-21-11(9)12(18)16-10/h3,6H,2,4-5,7-8H2,1H3,(H,19,20)(H,15,16,18). The molecule has 2 N–H and O–H groups in total. The Balaban J connectivity index is 1.81. The molecule has 0 spiro atoms. The number of carboxylic acid groups (broad SMARTS) is 1. The molecule has 6 nitrogen and oxygen atoms in total. The molecule has 3 rings (SSSR count). The fourth-order valence-corrected chi connectivity index (χ4v) is 3.59. The third-order valence-corrected chi connectivity index (χ3v) is 4.93. The number of aromatic nitrogens is 2. The molecule has 2 aromatic heterocycles. The number of fused-ring (bicyclic) bond motifs is 1. The molecular weight excluding hydrogens is 290 g/mol. The second-order valence-corrected chi connectivity index (χ2v) is 6.74. The van der Waals surface area contributed by atoms with Crippen LogP contribution in [-0.2, 0) is 11.3 Å². The molecule has 1 atom stereocenters. The molecule has 1 aliphatic rings. The fraction of sp³-hybridized carbons (Fsp3) is 0.500. The van der Waals surface area contributed by atoms with E-state index >= 15 is 0 Å². The maximum atomic E-state index is 11.9. The summed E-state index contributed by atoms with van der Waals surface area (Å²) in [4.78, 5) is 32.6. The number of hydrogen-bond donors (Lipinski definition) is 2. The van der Waals surface area contributed by atoms with Gasteiger partial charge in [-0.25, -0.2) is 4.98 Å². The summed E-state index contributed by atoms with van der Waals surface area (Å²) in [6.07, 6.45) is 1.53. The van der Waals surface area contributed by atoms with Crippen LogP contribution in [0.4, 0.5) is 0 Å². The molecule has 0 aromatic carbocycles. The number of likely N-dealkylation sites (tertiary alicyclic amines) is 1. The molecular formula is C14H17N3O3S. The molecule has 7 heteroatoms. The Morgan fingerprint density at radius 3 is 3.19 bits per heavy atom. The molecule has 0 bridgehead atoms. The van der Waals surface area contributed by atoms with Crippen LogP contribution in [0.15, 0.2) is 16.2 Å². The first-order valence-corrected chi connectivity index (χ1v) is 7.78. The van der Waals surface area contributed by atoms with Crippen molar-refractivity contribution in [3.05, 3.63) is 27.6 Å².